The fraction of sp³-hybridized carbons (Fsp3) is 0.0217. The minimum absolute atomic E-state index is 0.583. The molecule has 1 spiro atoms. The number of para-hydroxylation sites is 1. The summed E-state index contributed by atoms with van der Waals surface area (Å²) < 4.78 is 6.73. The van der Waals surface area contributed by atoms with Gasteiger partial charge in [0.15, 0.2) is 17.5 Å². The first kappa shape index (κ1) is 29.8. The van der Waals surface area contributed by atoms with Crippen molar-refractivity contribution in [3.8, 4) is 67.9 Å². The molecular formula is C46H31N5O. The summed E-state index contributed by atoms with van der Waals surface area (Å²) in [7, 11) is 0. The summed E-state index contributed by atoms with van der Waals surface area (Å²) in [6.07, 6.45) is 0. The standard InChI is InChI=1S/C46H31N5O/c47-33-23-32(24-34(48)27-33)30-19-21-36-35-15-7-8-16-37(35)46(39(36)25-30)38-17-9-10-18-41(38)52-42-22-20-31(26-40(42)46)45-50-43(28-11-3-1-4-12-28)49-44(51-45)29-13-5-2-6-14-29/h1-27H,47-48H2. The first-order valence-corrected chi connectivity index (χ1v) is 17.3. The smallest absolute Gasteiger partial charge is 0.164 e. The van der Waals surface area contributed by atoms with Crippen molar-refractivity contribution in [1.29, 1.82) is 0 Å². The van der Waals surface area contributed by atoms with E-state index in [2.05, 4.69) is 72.8 Å². The molecule has 8 aromatic rings. The number of nitrogens with zero attached hydrogens (tertiary/aromatic N) is 3. The molecule has 10 rings (SSSR count). The highest BCUT2D eigenvalue weighted by Crippen LogP contribution is 2.62. The van der Waals surface area contributed by atoms with Gasteiger partial charge in [-0.25, -0.2) is 15.0 Å². The zero-order valence-electron chi connectivity index (χ0n) is 28.0. The van der Waals surface area contributed by atoms with Gasteiger partial charge in [-0.3, -0.25) is 0 Å². The molecule has 0 saturated heterocycles. The van der Waals surface area contributed by atoms with Crippen molar-refractivity contribution >= 4 is 11.4 Å². The zero-order valence-corrected chi connectivity index (χ0v) is 28.0. The second-order valence-electron chi connectivity index (χ2n) is 13.3. The SMILES string of the molecule is Nc1cc(N)cc(-c2ccc3c(c2)C2(c4ccccc4Oc4ccc(-c5nc(-c6ccccc6)nc(-c6ccccc6)n5)cc42)c2ccccc2-3)c1. The van der Waals surface area contributed by atoms with Gasteiger partial charge in [-0.05, 0) is 81.9 Å². The molecule has 0 radical (unpaired) electrons. The summed E-state index contributed by atoms with van der Waals surface area (Å²) in [4.78, 5) is 15.1. The van der Waals surface area contributed by atoms with E-state index in [-0.39, 0.29) is 0 Å². The minimum atomic E-state index is -0.703. The number of hydrogen-bond donors (Lipinski definition) is 2. The van der Waals surface area contributed by atoms with Gasteiger partial charge in [0.05, 0.1) is 5.41 Å². The van der Waals surface area contributed by atoms with E-state index in [1.807, 2.05) is 84.9 Å². The molecule has 7 aromatic carbocycles. The van der Waals surface area contributed by atoms with Crippen molar-refractivity contribution in [3.05, 3.63) is 186 Å². The average Bonchev–Trinajstić information content (AvgIpc) is 3.48. The van der Waals surface area contributed by atoms with Gasteiger partial charge in [0.2, 0.25) is 0 Å². The number of nitrogens with two attached hydrogens (primary N) is 2. The van der Waals surface area contributed by atoms with Crippen LogP contribution in [0.5, 0.6) is 11.5 Å². The molecule has 0 fully saturated rings. The van der Waals surface area contributed by atoms with E-state index < -0.39 is 5.41 Å². The van der Waals surface area contributed by atoms with Gasteiger partial charge in [0.1, 0.15) is 11.5 Å². The first-order chi connectivity index (χ1) is 25.6. The Labute approximate surface area is 301 Å². The van der Waals surface area contributed by atoms with Crippen molar-refractivity contribution in [3.63, 3.8) is 0 Å². The van der Waals surface area contributed by atoms with Crippen LogP contribution in [0.15, 0.2) is 164 Å². The lowest BCUT2D eigenvalue weighted by Gasteiger charge is -2.39. The number of nitrogen functional groups attached to an aromatic ring is 2. The van der Waals surface area contributed by atoms with Crippen LogP contribution in [-0.2, 0) is 5.41 Å². The summed E-state index contributed by atoms with van der Waals surface area (Å²) >= 11 is 0. The molecule has 246 valence electrons. The lowest BCUT2D eigenvalue weighted by Crippen LogP contribution is -2.32. The van der Waals surface area contributed by atoms with Crippen LogP contribution in [0, 0.1) is 0 Å². The molecular weight excluding hydrogens is 639 g/mol. The van der Waals surface area contributed by atoms with Crippen LogP contribution in [0.3, 0.4) is 0 Å². The number of hydrogen-bond acceptors (Lipinski definition) is 6. The summed E-state index contributed by atoms with van der Waals surface area (Å²) in [6.45, 7) is 0. The van der Waals surface area contributed by atoms with Crippen LogP contribution >= 0.6 is 0 Å². The Bertz CT molecular complexity index is 2610. The fourth-order valence-electron chi connectivity index (χ4n) is 8.00. The Kier molecular flexibility index (Phi) is 6.60. The molecule has 0 saturated carbocycles. The normalized spacial score (nSPS) is 14.9. The average molecular weight is 670 g/mol. The number of rotatable bonds is 4. The lowest BCUT2D eigenvalue weighted by atomic mass is 9.65. The lowest BCUT2D eigenvalue weighted by molar-refractivity contribution is 0.436. The van der Waals surface area contributed by atoms with Crippen LogP contribution in [-0.4, -0.2) is 15.0 Å². The van der Waals surface area contributed by atoms with Crippen LogP contribution in [0.1, 0.15) is 22.3 Å². The number of fused-ring (bicyclic) bond motifs is 9. The van der Waals surface area contributed by atoms with E-state index in [9.17, 15) is 0 Å². The molecule has 6 nitrogen and oxygen atoms in total. The maximum Gasteiger partial charge on any atom is 0.164 e. The van der Waals surface area contributed by atoms with Crippen molar-refractivity contribution in [2.75, 3.05) is 11.5 Å². The highest BCUT2D eigenvalue weighted by Gasteiger charge is 2.51. The monoisotopic (exact) mass is 669 g/mol. The Morgan fingerprint density at radius 1 is 0.365 bits per heavy atom. The first-order valence-electron chi connectivity index (χ1n) is 17.3. The summed E-state index contributed by atoms with van der Waals surface area (Å²) in [5.41, 5.74) is 24.6. The van der Waals surface area contributed by atoms with E-state index in [0.29, 0.717) is 28.8 Å². The van der Waals surface area contributed by atoms with Crippen LogP contribution < -0.4 is 16.2 Å². The van der Waals surface area contributed by atoms with Crippen LogP contribution in [0.4, 0.5) is 11.4 Å². The van der Waals surface area contributed by atoms with Gasteiger partial charge in [-0.1, -0.05) is 115 Å². The molecule has 1 unspecified atom stereocenters. The van der Waals surface area contributed by atoms with Gasteiger partial charge in [0, 0.05) is 39.2 Å². The second kappa shape index (κ2) is 11.5. The van der Waals surface area contributed by atoms with E-state index in [1.165, 1.54) is 16.7 Å². The maximum atomic E-state index is 6.73. The highest BCUT2D eigenvalue weighted by molar-refractivity contribution is 5.91. The molecule has 1 aliphatic carbocycles. The molecule has 4 N–H and O–H groups in total. The summed E-state index contributed by atoms with van der Waals surface area (Å²) in [5, 5.41) is 0. The number of benzene rings is 7. The molecule has 0 bridgehead atoms. The third kappa shape index (κ3) is 4.55. The Morgan fingerprint density at radius 2 is 0.885 bits per heavy atom. The summed E-state index contributed by atoms with van der Waals surface area (Å²) in [6, 6.07) is 55.9. The third-order valence-corrected chi connectivity index (χ3v) is 10.2. The molecule has 2 aliphatic rings. The minimum Gasteiger partial charge on any atom is -0.457 e. The Hall–Kier alpha value is -7.05. The Morgan fingerprint density at radius 3 is 1.58 bits per heavy atom. The number of anilines is 2. The molecule has 1 atom stereocenters. The molecule has 2 heterocycles. The molecule has 6 heteroatoms. The van der Waals surface area contributed by atoms with Crippen LogP contribution in [0.2, 0.25) is 0 Å². The predicted molar refractivity (Wildman–Crippen MR) is 208 cm³/mol. The van der Waals surface area contributed by atoms with Gasteiger partial charge < -0.3 is 16.2 Å². The number of ether oxygens (including phenoxy) is 1. The molecule has 1 aliphatic heterocycles. The second-order valence-corrected chi connectivity index (χ2v) is 13.3. The van der Waals surface area contributed by atoms with Crippen molar-refractivity contribution in [2.24, 2.45) is 0 Å². The van der Waals surface area contributed by atoms with Gasteiger partial charge in [-0.2, -0.15) is 0 Å². The quantitative estimate of drug-likeness (QED) is 0.181. The third-order valence-electron chi connectivity index (χ3n) is 10.2. The van der Waals surface area contributed by atoms with Crippen molar-refractivity contribution in [1.82, 2.24) is 15.0 Å². The van der Waals surface area contributed by atoms with Crippen molar-refractivity contribution < 1.29 is 4.74 Å². The topological polar surface area (TPSA) is 99.9 Å². The van der Waals surface area contributed by atoms with Crippen LogP contribution in [0.25, 0.3) is 56.4 Å². The van der Waals surface area contributed by atoms with Gasteiger partial charge in [0.25, 0.3) is 0 Å². The molecule has 0 amide bonds. The van der Waals surface area contributed by atoms with Gasteiger partial charge >= 0.3 is 0 Å². The molecule has 1 aromatic heterocycles. The maximum absolute atomic E-state index is 6.73. The van der Waals surface area contributed by atoms with Gasteiger partial charge in [-0.15, -0.1) is 0 Å². The molecule has 52 heavy (non-hydrogen) atoms. The van der Waals surface area contributed by atoms with E-state index in [4.69, 9.17) is 31.2 Å². The van der Waals surface area contributed by atoms with E-state index in [0.717, 1.165) is 56.0 Å². The summed E-state index contributed by atoms with van der Waals surface area (Å²) in [5.74, 6) is 3.41. The zero-order chi connectivity index (χ0) is 34.8. The number of aromatic nitrogens is 3. The largest absolute Gasteiger partial charge is 0.457 e. The highest BCUT2D eigenvalue weighted by atomic mass is 16.5. The fourth-order valence-corrected chi connectivity index (χ4v) is 8.00. The van der Waals surface area contributed by atoms with E-state index >= 15 is 0 Å². The Balaban J connectivity index is 1.25. The van der Waals surface area contributed by atoms with E-state index in [1.54, 1.807) is 6.07 Å². The predicted octanol–water partition coefficient (Wildman–Crippen LogP) is 10.2. The van der Waals surface area contributed by atoms with Crippen molar-refractivity contribution in [2.45, 2.75) is 5.41 Å².